The number of nitrogens with zero attached hydrogens (tertiary/aromatic N) is 1. The van der Waals surface area contributed by atoms with Crippen LogP contribution >= 0.6 is 23.2 Å². The van der Waals surface area contributed by atoms with Gasteiger partial charge in [-0.15, -0.1) is 0 Å². The predicted octanol–water partition coefficient (Wildman–Crippen LogP) is 3.39. The Balaban J connectivity index is 2.07. The SMILES string of the molecule is [H]/N=C(\N)NN=Cc1c(Cl)cc(OCc2ccccc2)cc1Cl. The Hall–Kier alpha value is -2.24. The van der Waals surface area contributed by atoms with Gasteiger partial charge in [0.1, 0.15) is 12.4 Å². The van der Waals surface area contributed by atoms with Crippen molar-refractivity contribution in [3.8, 4) is 5.75 Å². The fourth-order valence-corrected chi connectivity index (χ4v) is 2.24. The number of guanidine groups is 1. The molecule has 0 aliphatic rings. The van der Waals surface area contributed by atoms with Crippen molar-refractivity contribution >= 4 is 35.4 Å². The van der Waals surface area contributed by atoms with Gasteiger partial charge in [-0.3, -0.25) is 5.40 Å². The summed E-state index contributed by atoms with van der Waals surface area (Å²) in [6.07, 6.45) is 1.39. The van der Waals surface area contributed by atoms with Gasteiger partial charge in [0.15, 0.2) is 1.41 Å². The van der Waals surface area contributed by atoms with Crippen LogP contribution in [0, 0.1) is 5.40 Å². The minimum Gasteiger partial charge on any atom is -0.489 e. The number of hydrogen-bond donors (Lipinski definition) is 3. The van der Waals surface area contributed by atoms with Gasteiger partial charge >= 0.3 is 0 Å². The van der Waals surface area contributed by atoms with E-state index in [2.05, 4.69) is 15.9 Å². The summed E-state index contributed by atoms with van der Waals surface area (Å²) in [7, 11) is 0. The first-order chi connectivity index (χ1) is 11.1. The molecule has 0 saturated carbocycles. The largest absolute Gasteiger partial charge is 0.489 e. The molecule has 7 heteroatoms. The Morgan fingerprint density at radius 2 is 2.00 bits per heavy atom. The lowest BCUT2D eigenvalue weighted by atomic mass is 10.2. The Bertz CT molecular complexity index is 700. The van der Waals surface area contributed by atoms with Crippen molar-refractivity contribution < 1.29 is 6.15 Å². The van der Waals surface area contributed by atoms with E-state index < -0.39 is 0 Å². The third-order valence-corrected chi connectivity index (χ3v) is 3.30. The summed E-state index contributed by atoms with van der Waals surface area (Å²) in [6.45, 7) is 0.416. The second-order valence-electron chi connectivity index (χ2n) is 4.33. The Morgan fingerprint density at radius 1 is 1.32 bits per heavy atom. The molecule has 0 bridgehead atoms. The van der Waals surface area contributed by atoms with E-state index in [0.717, 1.165) is 5.56 Å². The van der Waals surface area contributed by atoms with E-state index in [1.165, 1.54) is 6.21 Å². The summed E-state index contributed by atoms with van der Waals surface area (Å²) in [4.78, 5) is 0. The molecule has 5 nitrogen and oxygen atoms in total. The first-order valence-electron chi connectivity index (χ1n) is 6.77. The van der Waals surface area contributed by atoms with Crippen molar-refractivity contribution in [1.29, 1.82) is 5.40 Å². The summed E-state index contributed by atoms with van der Waals surface area (Å²) in [5.74, 6) is 0.414. The van der Waals surface area contributed by atoms with E-state index in [0.29, 0.717) is 28.0 Å². The quantitative estimate of drug-likeness (QED) is 0.444. The van der Waals surface area contributed by atoms with Crippen molar-refractivity contribution in [2.45, 2.75) is 6.61 Å². The maximum Gasteiger partial charge on any atom is 0.206 e. The van der Waals surface area contributed by atoms with Gasteiger partial charge in [-0.1, -0.05) is 53.5 Å². The standard InChI is InChI=1S/C15H14Cl2N4O/c16-13-6-11(22-9-10-4-2-1-3-5-10)7-14(17)12(13)8-20-21-15(18)19/h1-8H,9H2,(H4,18,19,21). The van der Waals surface area contributed by atoms with Crippen molar-refractivity contribution in [3.63, 3.8) is 0 Å². The zero-order chi connectivity index (χ0) is 16.7. The first kappa shape index (κ1) is 14.7. The minimum absolute atomic E-state index is 0.142. The van der Waals surface area contributed by atoms with E-state index in [-0.39, 0.29) is 5.96 Å². The maximum absolute atomic E-state index is 6.68. The van der Waals surface area contributed by atoms with Crippen LogP contribution in [0.5, 0.6) is 5.75 Å². The van der Waals surface area contributed by atoms with Crippen LogP contribution in [-0.4, -0.2) is 12.2 Å². The van der Waals surface area contributed by atoms with E-state index in [1.807, 2.05) is 30.3 Å². The highest BCUT2D eigenvalue weighted by Crippen LogP contribution is 2.29. The summed E-state index contributed by atoms with van der Waals surface area (Å²) in [6, 6.07) is 13.1. The summed E-state index contributed by atoms with van der Waals surface area (Å²) in [5, 5.41) is 7.53. The minimum atomic E-state index is -0.142. The lowest BCUT2D eigenvalue weighted by Gasteiger charge is -2.09. The highest BCUT2D eigenvalue weighted by molar-refractivity contribution is 6.38. The molecule has 0 amide bonds. The van der Waals surface area contributed by atoms with E-state index in [4.69, 9.17) is 35.1 Å². The number of benzene rings is 2. The van der Waals surface area contributed by atoms with Crippen LogP contribution in [0.15, 0.2) is 47.6 Å². The predicted molar refractivity (Wildman–Crippen MR) is 89.9 cm³/mol. The fraction of sp³-hybridized carbons (Fsp3) is 0.0667. The molecule has 22 heavy (non-hydrogen) atoms. The van der Waals surface area contributed by atoms with Gasteiger partial charge < -0.3 is 10.5 Å². The average Bonchev–Trinajstić information content (AvgIpc) is 2.56. The van der Waals surface area contributed by atoms with Crippen LogP contribution in [0.1, 0.15) is 11.1 Å². The van der Waals surface area contributed by atoms with E-state index in [9.17, 15) is 0 Å². The second kappa shape index (κ2) is 7.68. The zero-order valence-corrected chi connectivity index (χ0v) is 13.0. The number of nitrogens with one attached hydrogen (secondary N) is 2. The van der Waals surface area contributed by atoms with Crippen molar-refractivity contribution in [1.82, 2.24) is 5.43 Å². The van der Waals surface area contributed by atoms with Crippen LogP contribution in [0.2, 0.25) is 11.5 Å². The molecule has 0 aliphatic carbocycles. The molecule has 0 heterocycles. The van der Waals surface area contributed by atoms with Crippen LogP contribution in [0.25, 0.3) is 0 Å². The molecule has 0 saturated heterocycles. The van der Waals surface area contributed by atoms with Gasteiger partial charge in [-0.25, -0.2) is 5.43 Å². The number of rotatable bonds is 5. The lowest BCUT2D eigenvalue weighted by molar-refractivity contribution is 0.306. The molecule has 0 unspecified atom stereocenters. The molecule has 2 aromatic rings. The molecule has 2 aromatic carbocycles. The third kappa shape index (κ3) is 4.65. The van der Waals surface area contributed by atoms with Gasteiger partial charge in [0.2, 0.25) is 5.96 Å². The number of halogens is 2. The van der Waals surface area contributed by atoms with Gasteiger partial charge in [-0.05, 0) is 17.7 Å². The molecule has 4 N–H and O–H groups in total. The number of ether oxygens (including phenoxy) is 1. The molecule has 0 aromatic heterocycles. The Kier molecular flexibility index (Phi) is 5.13. The first-order valence-corrected chi connectivity index (χ1v) is 7.08. The van der Waals surface area contributed by atoms with Crippen LogP contribution in [-0.2, 0) is 6.61 Å². The molecule has 114 valence electrons. The van der Waals surface area contributed by atoms with Crippen LogP contribution in [0.4, 0.5) is 0 Å². The van der Waals surface area contributed by atoms with E-state index in [1.54, 1.807) is 12.1 Å². The smallest absolute Gasteiger partial charge is 0.206 e. The van der Waals surface area contributed by atoms with Crippen molar-refractivity contribution in [3.05, 3.63) is 63.6 Å². The Morgan fingerprint density at radius 3 is 2.64 bits per heavy atom. The van der Waals surface area contributed by atoms with Crippen LogP contribution < -0.4 is 15.9 Å². The van der Waals surface area contributed by atoms with Crippen LogP contribution in [0.3, 0.4) is 0 Å². The molecular weight excluding hydrogens is 323 g/mol. The maximum atomic E-state index is 6.68. The molecule has 0 fully saturated rings. The molecule has 0 radical (unpaired) electrons. The lowest BCUT2D eigenvalue weighted by Crippen LogP contribution is -2.25. The topological polar surface area (TPSA) is 83.5 Å². The van der Waals surface area contributed by atoms with Gasteiger partial charge in [-0.2, -0.15) is 5.10 Å². The normalized spacial score (nSPS) is 12.3. The third-order valence-electron chi connectivity index (χ3n) is 2.67. The number of hydrogen-bond acceptors (Lipinski definition) is 3. The Labute approximate surface area is 139 Å². The highest BCUT2D eigenvalue weighted by Gasteiger charge is 2.07. The highest BCUT2D eigenvalue weighted by atomic mass is 35.5. The fourth-order valence-electron chi connectivity index (χ4n) is 1.67. The molecule has 0 spiro atoms. The van der Waals surface area contributed by atoms with Crippen molar-refractivity contribution in [2.24, 2.45) is 10.8 Å². The molecule has 0 aliphatic heterocycles. The monoisotopic (exact) mass is 336 g/mol. The van der Waals surface area contributed by atoms with Gasteiger partial charge in [0.25, 0.3) is 0 Å². The van der Waals surface area contributed by atoms with Gasteiger partial charge in [0.05, 0.1) is 16.3 Å². The second-order valence-corrected chi connectivity index (χ2v) is 5.14. The molecule has 0 atom stereocenters. The summed E-state index contributed by atoms with van der Waals surface area (Å²) < 4.78 is 12.4. The number of hydrazone groups is 1. The zero-order valence-electron chi connectivity index (χ0n) is 12.5. The van der Waals surface area contributed by atoms with Crippen molar-refractivity contribution in [2.75, 3.05) is 0 Å². The average molecular weight is 337 g/mol. The molecule has 2 rings (SSSR count). The summed E-state index contributed by atoms with van der Waals surface area (Å²) >= 11 is 12.4. The van der Waals surface area contributed by atoms with Gasteiger partial charge in [0, 0.05) is 5.56 Å². The number of nitrogens with two attached hydrogens (primary N) is 1. The summed E-state index contributed by atoms with van der Waals surface area (Å²) in [5.41, 5.74) is 9.19. The van der Waals surface area contributed by atoms with E-state index >= 15 is 0 Å². The molecular formula is C15H14Cl2N4O.